The van der Waals surface area contributed by atoms with Crippen molar-refractivity contribution in [3.05, 3.63) is 22.4 Å². The number of rotatable bonds is 7. The largest absolute Gasteiger partial charge is 0.380 e. The number of methoxy groups -OCH3 is 1. The fourth-order valence-corrected chi connectivity index (χ4v) is 2.17. The SMILES string of the molecule is COC(CN)CC(=O)N(C)CCc1cccs1.Cl. The molecule has 1 aromatic heterocycles. The molecule has 4 nitrogen and oxygen atoms in total. The summed E-state index contributed by atoms with van der Waals surface area (Å²) in [5.41, 5.74) is 5.49. The molecule has 0 aromatic carbocycles. The maximum absolute atomic E-state index is 11.8. The van der Waals surface area contributed by atoms with Crippen LogP contribution < -0.4 is 5.73 Å². The minimum Gasteiger partial charge on any atom is -0.380 e. The number of carbonyl (C=O) groups excluding carboxylic acids is 1. The Hall–Kier alpha value is -0.620. The summed E-state index contributed by atoms with van der Waals surface area (Å²) < 4.78 is 5.10. The summed E-state index contributed by atoms with van der Waals surface area (Å²) in [6.07, 6.45) is 1.08. The van der Waals surface area contributed by atoms with Crippen LogP contribution in [0.25, 0.3) is 0 Å². The van der Waals surface area contributed by atoms with Crippen molar-refractivity contribution in [1.29, 1.82) is 0 Å². The zero-order valence-electron chi connectivity index (χ0n) is 10.8. The lowest BCUT2D eigenvalue weighted by atomic mass is 10.2. The van der Waals surface area contributed by atoms with E-state index in [0.29, 0.717) is 13.0 Å². The molecule has 0 aliphatic rings. The van der Waals surface area contributed by atoms with E-state index in [1.807, 2.05) is 18.5 Å². The second-order valence-electron chi connectivity index (χ2n) is 3.94. The predicted molar refractivity (Wildman–Crippen MR) is 77.4 cm³/mol. The standard InChI is InChI=1S/C12H20N2O2S.ClH/c1-14(6-5-11-4-3-7-17-11)12(15)8-10(9-13)16-2;/h3-4,7,10H,5-6,8-9,13H2,1-2H3;1H. The number of halogens is 1. The van der Waals surface area contributed by atoms with Crippen molar-refractivity contribution in [3.8, 4) is 0 Å². The van der Waals surface area contributed by atoms with Gasteiger partial charge in [-0.3, -0.25) is 4.79 Å². The average molecular weight is 293 g/mol. The highest BCUT2D eigenvalue weighted by Crippen LogP contribution is 2.10. The van der Waals surface area contributed by atoms with Crippen LogP contribution in [0.15, 0.2) is 17.5 Å². The third kappa shape index (κ3) is 5.82. The smallest absolute Gasteiger partial charge is 0.224 e. The number of hydrogen-bond acceptors (Lipinski definition) is 4. The molecule has 1 unspecified atom stereocenters. The molecule has 1 aromatic rings. The van der Waals surface area contributed by atoms with Crippen molar-refractivity contribution in [1.82, 2.24) is 4.90 Å². The van der Waals surface area contributed by atoms with Crippen LogP contribution in [0.5, 0.6) is 0 Å². The lowest BCUT2D eigenvalue weighted by Gasteiger charge is -2.19. The molecule has 0 fully saturated rings. The van der Waals surface area contributed by atoms with Gasteiger partial charge < -0.3 is 15.4 Å². The van der Waals surface area contributed by atoms with Crippen LogP contribution in [0.2, 0.25) is 0 Å². The molecule has 0 saturated carbocycles. The van der Waals surface area contributed by atoms with Crippen molar-refractivity contribution < 1.29 is 9.53 Å². The summed E-state index contributed by atoms with van der Waals surface area (Å²) in [7, 11) is 3.40. The number of thiophene rings is 1. The Kier molecular flexibility index (Phi) is 9.01. The van der Waals surface area contributed by atoms with Crippen molar-refractivity contribution in [3.63, 3.8) is 0 Å². The van der Waals surface area contributed by atoms with Gasteiger partial charge in [0.15, 0.2) is 0 Å². The van der Waals surface area contributed by atoms with Crippen molar-refractivity contribution >= 4 is 29.7 Å². The van der Waals surface area contributed by atoms with Crippen LogP contribution in [0.4, 0.5) is 0 Å². The van der Waals surface area contributed by atoms with Crippen LogP contribution in [-0.2, 0) is 16.0 Å². The normalized spacial score (nSPS) is 11.7. The first-order valence-corrected chi connectivity index (χ1v) is 6.54. The van der Waals surface area contributed by atoms with Gasteiger partial charge in [0.25, 0.3) is 0 Å². The first-order valence-electron chi connectivity index (χ1n) is 5.66. The Morgan fingerprint density at radius 2 is 2.33 bits per heavy atom. The number of nitrogens with zero attached hydrogens (tertiary/aromatic N) is 1. The van der Waals surface area contributed by atoms with Gasteiger partial charge in [0.05, 0.1) is 12.5 Å². The molecule has 6 heteroatoms. The van der Waals surface area contributed by atoms with Gasteiger partial charge in [0, 0.05) is 32.1 Å². The van der Waals surface area contributed by atoms with Crippen LogP contribution >= 0.6 is 23.7 Å². The van der Waals surface area contributed by atoms with Gasteiger partial charge in [-0.1, -0.05) is 6.07 Å². The Bertz CT molecular complexity index is 329. The quantitative estimate of drug-likeness (QED) is 0.829. The Morgan fingerprint density at radius 3 is 2.83 bits per heavy atom. The molecule has 0 spiro atoms. The molecule has 0 bridgehead atoms. The maximum atomic E-state index is 11.8. The van der Waals surface area contributed by atoms with E-state index in [4.69, 9.17) is 10.5 Å². The zero-order chi connectivity index (χ0) is 12.7. The third-order valence-electron chi connectivity index (χ3n) is 2.70. The van der Waals surface area contributed by atoms with Gasteiger partial charge >= 0.3 is 0 Å². The Labute approximate surface area is 119 Å². The third-order valence-corrected chi connectivity index (χ3v) is 3.63. The highest BCUT2D eigenvalue weighted by molar-refractivity contribution is 7.09. The number of nitrogens with two attached hydrogens (primary N) is 1. The number of amides is 1. The van der Waals surface area contributed by atoms with E-state index in [0.717, 1.165) is 13.0 Å². The predicted octanol–water partition coefficient (Wildman–Crippen LogP) is 1.53. The minimum atomic E-state index is -0.174. The fourth-order valence-electron chi connectivity index (χ4n) is 1.47. The van der Waals surface area contributed by atoms with E-state index in [2.05, 4.69) is 6.07 Å². The van der Waals surface area contributed by atoms with E-state index < -0.39 is 0 Å². The van der Waals surface area contributed by atoms with E-state index in [1.54, 1.807) is 23.3 Å². The van der Waals surface area contributed by atoms with E-state index in [1.165, 1.54) is 4.88 Å². The second-order valence-corrected chi connectivity index (χ2v) is 4.97. The molecule has 0 aliphatic heterocycles. The highest BCUT2D eigenvalue weighted by atomic mass is 35.5. The molecule has 104 valence electrons. The second kappa shape index (κ2) is 9.33. The monoisotopic (exact) mass is 292 g/mol. The van der Waals surface area contributed by atoms with Crippen LogP contribution in [0, 0.1) is 0 Å². The highest BCUT2D eigenvalue weighted by Gasteiger charge is 2.15. The molecule has 2 N–H and O–H groups in total. The summed E-state index contributed by atoms with van der Waals surface area (Å²) in [5.74, 6) is 0.0823. The van der Waals surface area contributed by atoms with Gasteiger partial charge in [0.1, 0.15) is 0 Å². The van der Waals surface area contributed by atoms with E-state index in [9.17, 15) is 4.79 Å². The number of hydrogen-bond donors (Lipinski definition) is 1. The van der Waals surface area contributed by atoms with Gasteiger partial charge in [-0.05, 0) is 17.9 Å². The van der Waals surface area contributed by atoms with Crippen LogP contribution in [0.1, 0.15) is 11.3 Å². The molecule has 1 atom stereocenters. The molecule has 1 amide bonds. The molecule has 1 heterocycles. The first-order chi connectivity index (χ1) is 8.17. The van der Waals surface area contributed by atoms with Crippen molar-refractivity contribution in [2.24, 2.45) is 5.73 Å². The molecular formula is C12H21ClN2O2S. The van der Waals surface area contributed by atoms with Crippen LogP contribution in [-0.4, -0.2) is 44.2 Å². The Balaban J connectivity index is 0.00000289. The summed E-state index contributed by atoms with van der Waals surface area (Å²) in [4.78, 5) is 14.9. The number of ether oxygens (including phenoxy) is 1. The first kappa shape index (κ1) is 17.4. The average Bonchev–Trinajstić information content (AvgIpc) is 2.85. The molecule has 1 rings (SSSR count). The summed E-state index contributed by atoms with van der Waals surface area (Å²) in [6.45, 7) is 1.11. The lowest BCUT2D eigenvalue weighted by molar-refractivity contribution is -0.132. The van der Waals surface area contributed by atoms with Crippen LogP contribution in [0.3, 0.4) is 0 Å². The van der Waals surface area contributed by atoms with Crippen molar-refractivity contribution in [2.45, 2.75) is 18.9 Å². The number of carbonyl (C=O) groups is 1. The summed E-state index contributed by atoms with van der Waals surface area (Å²) in [5, 5.41) is 2.05. The van der Waals surface area contributed by atoms with Gasteiger partial charge in [-0.2, -0.15) is 0 Å². The molecular weight excluding hydrogens is 272 g/mol. The maximum Gasteiger partial charge on any atom is 0.224 e. The topological polar surface area (TPSA) is 55.6 Å². The van der Waals surface area contributed by atoms with Gasteiger partial charge in [-0.25, -0.2) is 0 Å². The molecule has 0 radical (unpaired) electrons. The molecule has 0 aliphatic carbocycles. The van der Waals surface area contributed by atoms with Gasteiger partial charge in [0.2, 0.25) is 5.91 Å². The van der Waals surface area contributed by atoms with Crippen molar-refractivity contribution in [2.75, 3.05) is 27.2 Å². The van der Waals surface area contributed by atoms with E-state index >= 15 is 0 Å². The lowest BCUT2D eigenvalue weighted by Crippen LogP contribution is -2.34. The summed E-state index contributed by atoms with van der Waals surface area (Å²) in [6, 6.07) is 4.11. The fraction of sp³-hybridized carbons (Fsp3) is 0.583. The Morgan fingerprint density at radius 1 is 1.61 bits per heavy atom. The van der Waals surface area contributed by atoms with E-state index in [-0.39, 0.29) is 24.4 Å². The summed E-state index contributed by atoms with van der Waals surface area (Å²) >= 11 is 1.72. The zero-order valence-corrected chi connectivity index (χ0v) is 12.4. The number of likely N-dealkylation sites (N-methyl/N-ethyl adjacent to an activating group) is 1. The minimum absolute atomic E-state index is 0. The molecule has 0 saturated heterocycles. The molecule has 18 heavy (non-hydrogen) atoms. The van der Waals surface area contributed by atoms with Gasteiger partial charge in [-0.15, -0.1) is 23.7 Å².